The maximum atomic E-state index is 8.93. The Hall–Kier alpha value is 1.52. The summed E-state index contributed by atoms with van der Waals surface area (Å²) >= 11 is 3.37. The second kappa shape index (κ2) is 43.9. The Bertz CT molecular complexity index is 53.0. The van der Waals surface area contributed by atoms with Gasteiger partial charge in [-0.05, 0) is 0 Å². The second-order valence-corrected chi connectivity index (χ2v) is 5.64. The average molecular weight is 442 g/mol. The van der Waals surface area contributed by atoms with Crippen molar-refractivity contribution in [1.29, 1.82) is 0 Å². The fraction of sp³-hybridized carbons (Fsp3) is 1.00. The van der Waals surface area contributed by atoms with Crippen LogP contribution in [0.1, 0.15) is 53.4 Å². The van der Waals surface area contributed by atoms with Crippen molar-refractivity contribution in [3.8, 4) is 0 Å². The summed E-state index contributed by atoms with van der Waals surface area (Å²) in [6.45, 7) is 7.59. The fourth-order valence-electron chi connectivity index (χ4n) is 0.354. The van der Waals surface area contributed by atoms with Crippen molar-refractivity contribution in [2.45, 2.75) is 62.3 Å². The van der Waals surface area contributed by atoms with E-state index in [1.54, 1.807) is 58.9 Å². The van der Waals surface area contributed by atoms with Crippen LogP contribution in [0.4, 0.5) is 0 Å². The topological polar surface area (TPSA) is 46.1 Å². The van der Waals surface area contributed by atoms with Crippen LogP contribution < -0.4 is 10.2 Å². The van der Waals surface area contributed by atoms with E-state index in [1.807, 2.05) is 0 Å². The molecule has 0 N–H and O–H groups in total. The van der Waals surface area contributed by atoms with Crippen molar-refractivity contribution < 1.29 is 10.2 Å². The van der Waals surface area contributed by atoms with Gasteiger partial charge in [-0.1, -0.05) is 13.8 Å². The molecule has 0 unspecified atom stereocenters. The molecule has 0 rings (SSSR count). The number of rotatable bonds is 4. The first-order valence-corrected chi connectivity index (χ1v) is 10.1. The van der Waals surface area contributed by atoms with E-state index in [1.165, 1.54) is 34.6 Å². The van der Waals surface area contributed by atoms with E-state index >= 15 is 0 Å². The van der Waals surface area contributed by atoms with Gasteiger partial charge in [0.1, 0.15) is 0 Å². The Balaban J connectivity index is -0.0000000621. The van der Waals surface area contributed by atoms with Crippen LogP contribution in [0.5, 0.6) is 0 Å². The molecule has 0 atom stereocenters. The summed E-state index contributed by atoms with van der Waals surface area (Å²) in [5.41, 5.74) is 0. The fourth-order valence-corrected chi connectivity index (χ4v) is 2.37. The summed E-state index contributed by atoms with van der Waals surface area (Å²) in [5.74, 6) is 0. The molecule has 0 spiro atoms. The molecule has 96 valence electrons. The Morgan fingerprint density at radius 1 is 0.688 bits per heavy atom. The van der Waals surface area contributed by atoms with E-state index in [2.05, 4.69) is 13.8 Å². The summed E-state index contributed by atoms with van der Waals surface area (Å²) in [4.78, 5) is 0. The molecule has 0 saturated heterocycles. The van der Waals surface area contributed by atoms with E-state index in [-0.39, 0.29) is 13.2 Å². The van der Waals surface area contributed by atoms with Gasteiger partial charge >= 0.3 is 93.5 Å². The van der Waals surface area contributed by atoms with Gasteiger partial charge in [-0.25, -0.2) is 0 Å². The van der Waals surface area contributed by atoms with Crippen molar-refractivity contribution in [1.82, 2.24) is 0 Å². The van der Waals surface area contributed by atoms with Crippen molar-refractivity contribution in [2.24, 2.45) is 0 Å². The van der Waals surface area contributed by atoms with E-state index in [4.69, 9.17) is 10.2 Å². The second-order valence-electron chi connectivity index (χ2n) is 2.78. The van der Waals surface area contributed by atoms with Gasteiger partial charge in [-0.3, -0.25) is 0 Å². The number of hydrogen-bond acceptors (Lipinski definition) is 2. The molecule has 0 aromatic carbocycles. The Kier molecular flexibility index (Phi) is 71.8. The van der Waals surface area contributed by atoms with E-state index in [0.29, 0.717) is 0 Å². The Morgan fingerprint density at radius 2 is 0.875 bits per heavy atom. The molecule has 0 aliphatic rings. The van der Waals surface area contributed by atoms with Crippen LogP contribution in [-0.2, 0) is 0 Å². The zero-order valence-electron chi connectivity index (χ0n) is 11.5. The van der Waals surface area contributed by atoms with Gasteiger partial charge in [0, 0.05) is 0 Å². The number of hydrogen-bond donors (Lipinski definition) is 0. The third-order valence-corrected chi connectivity index (χ3v) is 3.08. The molecule has 2 nitrogen and oxygen atoms in total. The quantitative estimate of drug-likeness (QED) is 0.621. The van der Waals surface area contributed by atoms with E-state index < -0.39 is 0 Å². The number of unbranched alkanes of at least 4 members (excludes halogenated alkanes) is 2. The van der Waals surface area contributed by atoms with Crippen LogP contribution in [0.2, 0.25) is 8.87 Å². The molecule has 0 amide bonds. The van der Waals surface area contributed by atoms with Crippen LogP contribution in [0.25, 0.3) is 0 Å². The molecule has 4 heteroatoms. The first-order chi connectivity index (χ1) is 7.66. The molecular weight excluding hydrogens is 414 g/mol. The molecule has 0 aromatic rings. The maximum Gasteiger partial charge on any atom is -0.0809 e. The van der Waals surface area contributed by atoms with Gasteiger partial charge in [0.2, 0.25) is 0 Å². The normalized spacial score (nSPS) is 7.38. The molecule has 0 heterocycles. The van der Waals surface area contributed by atoms with Gasteiger partial charge in [0.15, 0.2) is 0 Å². The molecule has 0 fully saturated rings. The minimum Gasteiger partial charge on any atom is -0.855 e. The summed E-state index contributed by atoms with van der Waals surface area (Å²) < 4.78 is 2.87. The minimum absolute atomic E-state index is 0. The van der Waals surface area contributed by atoms with Crippen LogP contribution in [0.3, 0.4) is 0 Å². The summed E-state index contributed by atoms with van der Waals surface area (Å²) in [7, 11) is 0. The maximum absolute atomic E-state index is 8.93. The summed E-state index contributed by atoms with van der Waals surface area (Å²) in [6, 6.07) is 0. The average Bonchev–Trinajstić information content (AvgIpc) is 2.23. The van der Waals surface area contributed by atoms with Crippen molar-refractivity contribution in [3.63, 3.8) is 0 Å². The Morgan fingerprint density at radius 3 is 0.875 bits per heavy atom. The predicted molar refractivity (Wildman–Crippen MR) is 72.0 cm³/mol. The van der Waals surface area contributed by atoms with Crippen molar-refractivity contribution in [2.75, 3.05) is 13.2 Å². The largest absolute Gasteiger partial charge is 0.855 e. The smallest absolute Gasteiger partial charge is 0.0809 e. The molecule has 0 aliphatic carbocycles. The van der Waals surface area contributed by atoms with Gasteiger partial charge in [-0.2, -0.15) is 0 Å². The third-order valence-electron chi connectivity index (χ3n) is 1.06. The van der Waals surface area contributed by atoms with Crippen LogP contribution in [0.15, 0.2) is 0 Å². The van der Waals surface area contributed by atoms with E-state index in [9.17, 15) is 0 Å². The standard InChI is InChI=1S/2C4H9.2C2H5O.2Sn/c2*1-3-4-2;2*1-2-3;;/h2*1,3-4H2,2H3;2*2H2,1H3;;/q;;2*-1;2*+1. The predicted octanol–water partition coefficient (Wildman–Crippen LogP) is 1.48. The SMILES string of the molecule is CCC[CH2][Sn+].CCC[CH2][Sn+].CC[O-].CC[O-]. The summed E-state index contributed by atoms with van der Waals surface area (Å²) in [5, 5.41) is 17.9. The summed E-state index contributed by atoms with van der Waals surface area (Å²) in [6.07, 6.45) is 5.59. The Labute approximate surface area is 130 Å². The van der Waals surface area contributed by atoms with Crippen molar-refractivity contribution in [3.05, 3.63) is 0 Å². The van der Waals surface area contributed by atoms with Crippen LogP contribution in [0, 0.1) is 0 Å². The first-order valence-electron chi connectivity index (χ1n) is 6.11. The minimum atomic E-state index is 0. The van der Waals surface area contributed by atoms with E-state index in [0.717, 1.165) is 0 Å². The monoisotopic (exact) mass is 444 g/mol. The van der Waals surface area contributed by atoms with Crippen LogP contribution >= 0.6 is 0 Å². The van der Waals surface area contributed by atoms with Gasteiger partial charge < -0.3 is 10.2 Å². The van der Waals surface area contributed by atoms with Crippen LogP contribution in [-0.4, -0.2) is 58.3 Å². The molecule has 0 aromatic heterocycles. The van der Waals surface area contributed by atoms with Crippen molar-refractivity contribution >= 4 is 45.0 Å². The molecule has 4 radical (unpaired) electrons. The first kappa shape index (κ1) is 26.2. The van der Waals surface area contributed by atoms with Gasteiger partial charge in [0.05, 0.1) is 0 Å². The molecule has 16 heavy (non-hydrogen) atoms. The molecule has 0 bridgehead atoms. The molecular formula is C12H28O2Sn2. The molecule has 0 aliphatic heterocycles. The van der Waals surface area contributed by atoms with Gasteiger partial charge in [-0.15, -0.1) is 13.2 Å². The zero-order chi connectivity index (χ0) is 13.7. The zero-order valence-corrected chi connectivity index (χ0v) is 17.2. The third kappa shape index (κ3) is 107. The molecule has 0 saturated carbocycles. The van der Waals surface area contributed by atoms with Gasteiger partial charge in [0.25, 0.3) is 0 Å².